The van der Waals surface area contributed by atoms with E-state index in [2.05, 4.69) is 0 Å². The zero-order valence-corrected chi connectivity index (χ0v) is 14.6. The third-order valence-electron chi connectivity index (χ3n) is 5.21. The van der Waals surface area contributed by atoms with E-state index in [1.54, 1.807) is 7.05 Å². The Hall–Kier alpha value is -2.09. The summed E-state index contributed by atoms with van der Waals surface area (Å²) < 4.78 is 14.0. The molecule has 2 aliphatic rings. The Morgan fingerprint density at radius 1 is 1.28 bits per heavy atom. The Balaban J connectivity index is 1.85. The van der Waals surface area contributed by atoms with Crippen LogP contribution in [-0.2, 0) is 23.1 Å². The first-order valence-corrected chi connectivity index (χ1v) is 8.75. The smallest absolute Gasteiger partial charge is 0.333 e. The van der Waals surface area contributed by atoms with E-state index < -0.39 is 11.7 Å². The summed E-state index contributed by atoms with van der Waals surface area (Å²) in [5, 5.41) is 8.66. The van der Waals surface area contributed by atoms with Crippen LogP contribution in [0.3, 0.4) is 0 Å². The molecule has 0 aliphatic carbocycles. The molecule has 1 saturated heterocycles. The van der Waals surface area contributed by atoms with Gasteiger partial charge in [-0.3, -0.25) is 18.7 Å². The van der Waals surface area contributed by atoms with Gasteiger partial charge in [0.2, 0.25) is 12.2 Å². The van der Waals surface area contributed by atoms with E-state index in [0.717, 1.165) is 6.42 Å². The van der Waals surface area contributed by atoms with Crippen molar-refractivity contribution in [2.24, 2.45) is 13.0 Å². The van der Waals surface area contributed by atoms with Gasteiger partial charge in [-0.25, -0.2) is 4.79 Å². The highest BCUT2D eigenvalue weighted by Crippen LogP contribution is 2.41. The van der Waals surface area contributed by atoms with Gasteiger partial charge in [0.1, 0.15) is 0 Å². The topological polar surface area (TPSA) is 99.8 Å². The van der Waals surface area contributed by atoms with Gasteiger partial charge in [-0.2, -0.15) is 0 Å². The number of aliphatic carboxylic acids is 1. The van der Waals surface area contributed by atoms with Crippen molar-refractivity contribution in [3.8, 4) is 5.88 Å². The molecule has 3 rings (SSSR count). The summed E-state index contributed by atoms with van der Waals surface area (Å²) in [6.45, 7) is 2.87. The summed E-state index contributed by atoms with van der Waals surface area (Å²) in [5.74, 6) is -0.426. The van der Waals surface area contributed by atoms with Crippen LogP contribution in [0.25, 0.3) is 0 Å². The van der Waals surface area contributed by atoms with E-state index in [-0.39, 0.29) is 36.7 Å². The van der Waals surface area contributed by atoms with Gasteiger partial charge in [-0.1, -0.05) is 13.3 Å². The van der Waals surface area contributed by atoms with Crippen LogP contribution in [0.2, 0.25) is 0 Å². The van der Waals surface area contributed by atoms with Crippen molar-refractivity contribution in [1.82, 2.24) is 9.13 Å². The monoisotopic (exact) mass is 352 g/mol. The SMILES string of the molecule is CC1c2c(n(C)c(=O)n(CCCCCC(=O)O)c2=O)OC2OCCC21. The molecule has 0 aromatic carbocycles. The molecule has 138 valence electrons. The Bertz CT molecular complexity index is 781. The highest BCUT2D eigenvalue weighted by atomic mass is 16.7. The fraction of sp³-hybridized carbons (Fsp3) is 0.706. The third kappa shape index (κ3) is 3.22. The summed E-state index contributed by atoms with van der Waals surface area (Å²) >= 11 is 0. The third-order valence-corrected chi connectivity index (χ3v) is 5.21. The fourth-order valence-corrected chi connectivity index (χ4v) is 3.74. The Labute approximate surface area is 145 Å². The minimum Gasteiger partial charge on any atom is -0.481 e. The number of ether oxygens (including phenoxy) is 2. The quantitative estimate of drug-likeness (QED) is 0.768. The van der Waals surface area contributed by atoms with Gasteiger partial charge in [-0.05, 0) is 19.3 Å². The molecular formula is C17H24N2O6. The summed E-state index contributed by atoms with van der Waals surface area (Å²) in [6, 6.07) is 0. The van der Waals surface area contributed by atoms with E-state index in [0.29, 0.717) is 37.3 Å². The molecule has 1 aromatic heterocycles. The molecule has 3 atom stereocenters. The second-order valence-electron chi connectivity index (χ2n) is 6.82. The summed E-state index contributed by atoms with van der Waals surface area (Å²) in [6.07, 6.45) is 2.33. The number of carboxylic acid groups (broad SMARTS) is 1. The highest BCUT2D eigenvalue weighted by Gasteiger charge is 2.43. The standard InChI is InChI=1S/C17H24N2O6/c1-10-11-7-9-24-16(11)25-15-13(10)14(22)19(17(23)18(15)2)8-5-3-4-6-12(20)21/h10-11,16H,3-9H2,1-2H3,(H,20,21). The molecule has 0 radical (unpaired) electrons. The normalized spacial score (nSPS) is 24.5. The minimum absolute atomic E-state index is 0.0335. The van der Waals surface area contributed by atoms with Gasteiger partial charge >= 0.3 is 11.7 Å². The Morgan fingerprint density at radius 3 is 2.76 bits per heavy atom. The zero-order valence-electron chi connectivity index (χ0n) is 14.6. The van der Waals surface area contributed by atoms with Crippen molar-refractivity contribution in [1.29, 1.82) is 0 Å². The average Bonchev–Trinajstić information content (AvgIpc) is 3.03. The van der Waals surface area contributed by atoms with Crippen LogP contribution in [0.15, 0.2) is 9.59 Å². The molecule has 8 heteroatoms. The van der Waals surface area contributed by atoms with Crippen molar-refractivity contribution in [2.75, 3.05) is 6.61 Å². The molecule has 1 aromatic rings. The molecule has 1 fully saturated rings. The lowest BCUT2D eigenvalue weighted by Gasteiger charge is -2.33. The Kier molecular flexibility index (Phi) is 4.99. The molecule has 0 saturated carbocycles. The molecule has 1 N–H and O–H groups in total. The van der Waals surface area contributed by atoms with Gasteiger partial charge in [0.25, 0.3) is 5.56 Å². The van der Waals surface area contributed by atoms with Gasteiger partial charge < -0.3 is 14.6 Å². The molecule has 0 spiro atoms. The second-order valence-corrected chi connectivity index (χ2v) is 6.82. The van der Waals surface area contributed by atoms with Crippen molar-refractivity contribution >= 4 is 5.97 Å². The molecule has 8 nitrogen and oxygen atoms in total. The maximum Gasteiger partial charge on any atom is 0.333 e. The number of fused-ring (bicyclic) bond motifs is 2. The predicted octanol–water partition coefficient (Wildman–Crippen LogP) is 1.05. The van der Waals surface area contributed by atoms with E-state index >= 15 is 0 Å². The zero-order chi connectivity index (χ0) is 18.1. The van der Waals surface area contributed by atoms with Gasteiger partial charge in [0.15, 0.2) is 0 Å². The van der Waals surface area contributed by atoms with Crippen LogP contribution in [0.5, 0.6) is 5.88 Å². The minimum atomic E-state index is -0.832. The molecule has 2 aliphatic heterocycles. The summed E-state index contributed by atoms with van der Waals surface area (Å²) in [5.41, 5.74) is -0.167. The first-order chi connectivity index (χ1) is 11.9. The number of aromatic nitrogens is 2. The van der Waals surface area contributed by atoms with Crippen molar-refractivity contribution in [2.45, 2.75) is 57.8 Å². The molecule has 3 heterocycles. The van der Waals surface area contributed by atoms with E-state index in [9.17, 15) is 14.4 Å². The van der Waals surface area contributed by atoms with Gasteiger partial charge in [-0.15, -0.1) is 0 Å². The number of carbonyl (C=O) groups is 1. The largest absolute Gasteiger partial charge is 0.481 e. The van der Waals surface area contributed by atoms with Crippen LogP contribution >= 0.6 is 0 Å². The molecule has 25 heavy (non-hydrogen) atoms. The lowest BCUT2D eigenvalue weighted by Crippen LogP contribution is -2.46. The maximum atomic E-state index is 12.9. The lowest BCUT2D eigenvalue weighted by molar-refractivity contribution is -0.137. The fourth-order valence-electron chi connectivity index (χ4n) is 3.74. The average molecular weight is 352 g/mol. The van der Waals surface area contributed by atoms with Crippen LogP contribution in [0.4, 0.5) is 0 Å². The number of unbranched alkanes of at least 4 members (excludes halogenated alkanes) is 2. The van der Waals surface area contributed by atoms with E-state index in [1.165, 1.54) is 9.13 Å². The van der Waals surface area contributed by atoms with Crippen molar-refractivity contribution in [3.63, 3.8) is 0 Å². The first kappa shape index (κ1) is 17.7. The maximum absolute atomic E-state index is 12.9. The van der Waals surface area contributed by atoms with Gasteiger partial charge in [0, 0.05) is 31.8 Å². The molecular weight excluding hydrogens is 328 g/mol. The van der Waals surface area contributed by atoms with Crippen molar-refractivity contribution < 1.29 is 19.4 Å². The van der Waals surface area contributed by atoms with E-state index in [1.807, 2.05) is 6.92 Å². The molecule has 0 bridgehead atoms. The second kappa shape index (κ2) is 7.03. The van der Waals surface area contributed by atoms with Crippen LogP contribution in [0, 0.1) is 5.92 Å². The molecule has 0 amide bonds. The number of hydrogen-bond acceptors (Lipinski definition) is 5. The first-order valence-electron chi connectivity index (χ1n) is 8.75. The molecule has 3 unspecified atom stereocenters. The number of nitrogens with zero attached hydrogens (tertiary/aromatic N) is 2. The van der Waals surface area contributed by atoms with Gasteiger partial charge in [0.05, 0.1) is 12.2 Å². The van der Waals surface area contributed by atoms with Crippen LogP contribution in [-0.4, -0.2) is 33.1 Å². The van der Waals surface area contributed by atoms with Crippen LogP contribution < -0.4 is 16.0 Å². The highest BCUT2D eigenvalue weighted by molar-refractivity contribution is 5.66. The summed E-state index contributed by atoms with van der Waals surface area (Å²) in [7, 11) is 1.60. The Morgan fingerprint density at radius 2 is 2.04 bits per heavy atom. The van der Waals surface area contributed by atoms with Crippen molar-refractivity contribution in [3.05, 3.63) is 26.4 Å². The summed E-state index contributed by atoms with van der Waals surface area (Å²) in [4.78, 5) is 36.0. The predicted molar refractivity (Wildman–Crippen MR) is 88.9 cm³/mol. The number of hydrogen-bond donors (Lipinski definition) is 1. The number of rotatable bonds is 6. The van der Waals surface area contributed by atoms with Crippen LogP contribution in [0.1, 0.15) is 50.5 Å². The lowest BCUT2D eigenvalue weighted by atomic mass is 9.85. The number of carboxylic acids is 1. The van der Waals surface area contributed by atoms with E-state index in [4.69, 9.17) is 14.6 Å².